The molecular weight excluding hydrogens is 276 g/mol. The highest BCUT2D eigenvalue weighted by molar-refractivity contribution is 7.07. The van der Waals surface area contributed by atoms with E-state index in [0.29, 0.717) is 13.1 Å². The highest BCUT2D eigenvalue weighted by Crippen LogP contribution is 2.16. The van der Waals surface area contributed by atoms with Gasteiger partial charge in [-0.3, -0.25) is 9.59 Å². The molecule has 106 valence electrons. The molecule has 0 aliphatic carbocycles. The molecule has 0 aliphatic heterocycles. The highest BCUT2D eigenvalue weighted by Gasteiger charge is 2.20. The lowest BCUT2D eigenvalue weighted by molar-refractivity contribution is -0.142. The second kappa shape index (κ2) is 7.02. The molecule has 0 amide bonds. The molecule has 5 nitrogen and oxygen atoms in total. The summed E-state index contributed by atoms with van der Waals surface area (Å²) in [4.78, 5) is 25.5. The van der Waals surface area contributed by atoms with E-state index in [9.17, 15) is 9.59 Å². The third kappa shape index (κ3) is 3.79. The van der Waals surface area contributed by atoms with Crippen LogP contribution < -0.4 is 10.2 Å². The number of esters is 1. The molecule has 2 N–H and O–H groups in total. The van der Waals surface area contributed by atoms with Gasteiger partial charge < -0.3 is 15.0 Å². The van der Waals surface area contributed by atoms with E-state index in [2.05, 4.69) is 10.3 Å². The summed E-state index contributed by atoms with van der Waals surface area (Å²) in [6.45, 7) is 0.966. The van der Waals surface area contributed by atoms with Crippen molar-refractivity contribution in [2.75, 3.05) is 13.7 Å². The van der Waals surface area contributed by atoms with E-state index in [-0.39, 0.29) is 16.8 Å². The molecule has 6 heteroatoms. The van der Waals surface area contributed by atoms with Gasteiger partial charge in [0.1, 0.15) is 0 Å². The molecule has 1 heterocycles. The lowest BCUT2D eigenvalue weighted by atomic mass is 9.99. The maximum absolute atomic E-state index is 11.8. The zero-order valence-corrected chi connectivity index (χ0v) is 11.9. The van der Waals surface area contributed by atoms with Crippen LogP contribution in [0.25, 0.3) is 0 Å². The number of aromatic nitrogens is 1. The summed E-state index contributed by atoms with van der Waals surface area (Å²) in [5, 5.41) is 4.93. The predicted molar refractivity (Wildman–Crippen MR) is 77.8 cm³/mol. The first-order valence-electron chi connectivity index (χ1n) is 6.21. The predicted octanol–water partition coefficient (Wildman–Crippen LogP) is 1.48. The smallest absolute Gasteiger partial charge is 0.314 e. The molecule has 20 heavy (non-hydrogen) atoms. The molecule has 1 aromatic heterocycles. The Hall–Kier alpha value is -1.92. The first-order chi connectivity index (χ1) is 9.70. The maximum atomic E-state index is 11.8. The van der Waals surface area contributed by atoms with Crippen molar-refractivity contribution >= 4 is 17.3 Å². The Morgan fingerprint density at radius 1 is 1.40 bits per heavy atom. The minimum Gasteiger partial charge on any atom is -0.469 e. The van der Waals surface area contributed by atoms with E-state index in [0.717, 1.165) is 22.6 Å². The molecule has 0 fully saturated rings. The standard InChI is InChI=1S/C14H16N2O3S/c1-19-13(17)12(10-5-3-2-4-6-10)8-15-7-11-9-20-14(18)16-11/h2-6,9,12,15H,7-8H2,1H3,(H,16,18). The lowest BCUT2D eigenvalue weighted by Crippen LogP contribution is -2.27. The molecule has 0 saturated carbocycles. The van der Waals surface area contributed by atoms with E-state index in [1.807, 2.05) is 30.3 Å². The van der Waals surface area contributed by atoms with Gasteiger partial charge in [0.2, 0.25) is 0 Å². The number of carbonyl (C=O) groups is 1. The van der Waals surface area contributed by atoms with E-state index in [4.69, 9.17) is 4.74 Å². The van der Waals surface area contributed by atoms with Crippen molar-refractivity contribution in [3.8, 4) is 0 Å². The lowest BCUT2D eigenvalue weighted by Gasteiger charge is -2.15. The van der Waals surface area contributed by atoms with Gasteiger partial charge in [-0.15, -0.1) is 0 Å². The Morgan fingerprint density at radius 3 is 2.75 bits per heavy atom. The highest BCUT2D eigenvalue weighted by atomic mass is 32.1. The molecule has 0 saturated heterocycles. The van der Waals surface area contributed by atoms with Crippen molar-refractivity contribution in [1.82, 2.24) is 10.3 Å². The number of aromatic amines is 1. The van der Waals surface area contributed by atoms with Gasteiger partial charge in [0.05, 0.1) is 13.0 Å². The Labute approximate surface area is 120 Å². The average molecular weight is 292 g/mol. The van der Waals surface area contributed by atoms with Crippen molar-refractivity contribution in [3.05, 3.63) is 56.6 Å². The van der Waals surface area contributed by atoms with Crippen LogP contribution in [0.1, 0.15) is 17.2 Å². The molecule has 0 aliphatic rings. The largest absolute Gasteiger partial charge is 0.469 e. The van der Waals surface area contributed by atoms with E-state index >= 15 is 0 Å². The number of hydrogen-bond donors (Lipinski definition) is 2. The minimum atomic E-state index is -0.355. The number of ether oxygens (including phenoxy) is 1. The average Bonchev–Trinajstić information content (AvgIpc) is 2.89. The fraction of sp³-hybridized carbons (Fsp3) is 0.286. The number of thiazole rings is 1. The maximum Gasteiger partial charge on any atom is 0.314 e. The van der Waals surface area contributed by atoms with Crippen LogP contribution in [0.2, 0.25) is 0 Å². The van der Waals surface area contributed by atoms with E-state index in [1.54, 1.807) is 5.38 Å². The molecule has 1 unspecified atom stereocenters. The van der Waals surface area contributed by atoms with Crippen molar-refractivity contribution < 1.29 is 9.53 Å². The molecule has 0 radical (unpaired) electrons. The third-order valence-electron chi connectivity index (χ3n) is 2.92. The first kappa shape index (κ1) is 14.5. The van der Waals surface area contributed by atoms with Crippen molar-refractivity contribution in [3.63, 3.8) is 0 Å². The van der Waals surface area contributed by atoms with Crippen LogP contribution in [-0.2, 0) is 16.1 Å². The molecule has 2 aromatic rings. The van der Waals surface area contributed by atoms with Crippen molar-refractivity contribution in [2.45, 2.75) is 12.5 Å². The SMILES string of the molecule is COC(=O)C(CNCc1csc(=O)[nH]1)c1ccccc1. The first-order valence-corrected chi connectivity index (χ1v) is 7.09. The van der Waals surface area contributed by atoms with Crippen LogP contribution in [-0.4, -0.2) is 24.6 Å². The minimum absolute atomic E-state index is 0.0747. The fourth-order valence-electron chi connectivity index (χ4n) is 1.92. The van der Waals surface area contributed by atoms with Crippen LogP contribution >= 0.6 is 11.3 Å². The number of benzene rings is 1. The van der Waals surface area contributed by atoms with Crippen molar-refractivity contribution in [1.29, 1.82) is 0 Å². The number of hydrogen-bond acceptors (Lipinski definition) is 5. The summed E-state index contributed by atoms with van der Waals surface area (Å²) in [6.07, 6.45) is 0. The summed E-state index contributed by atoms with van der Waals surface area (Å²) in [5.74, 6) is -0.630. The molecular formula is C14H16N2O3S. The summed E-state index contributed by atoms with van der Waals surface area (Å²) >= 11 is 1.13. The summed E-state index contributed by atoms with van der Waals surface area (Å²) in [6, 6.07) is 9.48. The van der Waals surface area contributed by atoms with Gasteiger partial charge >= 0.3 is 10.8 Å². The van der Waals surface area contributed by atoms with Gasteiger partial charge in [0, 0.05) is 24.2 Å². The molecule has 2 rings (SSSR count). The summed E-state index contributed by atoms with van der Waals surface area (Å²) < 4.78 is 4.84. The Balaban J connectivity index is 1.98. The Kier molecular flexibility index (Phi) is 5.09. The van der Waals surface area contributed by atoms with Gasteiger partial charge in [-0.1, -0.05) is 41.7 Å². The zero-order valence-electron chi connectivity index (χ0n) is 11.1. The molecule has 1 aromatic carbocycles. The number of rotatable bonds is 6. The normalized spacial score (nSPS) is 12.1. The fourth-order valence-corrected chi connectivity index (χ4v) is 2.50. The number of H-pyrrole nitrogens is 1. The third-order valence-corrected chi connectivity index (χ3v) is 3.64. The number of carbonyl (C=O) groups excluding carboxylic acids is 1. The van der Waals surface area contributed by atoms with E-state index in [1.165, 1.54) is 7.11 Å². The van der Waals surface area contributed by atoms with Gasteiger partial charge in [-0.2, -0.15) is 0 Å². The number of nitrogens with one attached hydrogen (secondary N) is 2. The van der Waals surface area contributed by atoms with Gasteiger partial charge in [0.25, 0.3) is 0 Å². The summed E-state index contributed by atoms with van der Waals surface area (Å²) in [5.41, 5.74) is 1.72. The monoisotopic (exact) mass is 292 g/mol. The van der Waals surface area contributed by atoms with Crippen LogP contribution in [0.4, 0.5) is 0 Å². The van der Waals surface area contributed by atoms with E-state index < -0.39 is 0 Å². The van der Waals surface area contributed by atoms with Gasteiger partial charge in [0.15, 0.2) is 0 Å². The zero-order chi connectivity index (χ0) is 14.4. The van der Waals surface area contributed by atoms with Crippen LogP contribution in [0, 0.1) is 0 Å². The second-order valence-corrected chi connectivity index (χ2v) is 5.13. The quantitative estimate of drug-likeness (QED) is 0.791. The van der Waals surface area contributed by atoms with Crippen LogP contribution in [0.15, 0.2) is 40.5 Å². The van der Waals surface area contributed by atoms with Crippen molar-refractivity contribution in [2.24, 2.45) is 0 Å². The molecule has 0 spiro atoms. The molecule has 1 atom stereocenters. The van der Waals surface area contributed by atoms with Crippen LogP contribution in [0.5, 0.6) is 0 Å². The summed E-state index contributed by atoms with van der Waals surface area (Å²) in [7, 11) is 1.38. The Morgan fingerprint density at radius 2 is 2.15 bits per heavy atom. The topological polar surface area (TPSA) is 71.2 Å². The Bertz CT molecular complexity index is 606. The van der Waals surface area contributed by atoms with Gasteiger partial charge in [-0.05, 0) is 5.56 Å². The number of methoxy groups -OCH3 is 1. The second-order valence-electron chi connectivity index (χ2n) is 4.29. The van der Waals surface area contributed by atoms with Crippen LogP contribution in [0.3, 0.4) is 0 Å². The van der Waals surface area contributed by atoms with Gasteiger partial charge in [-0.25, -0.2) is 0 Å². The molecule has 0 bridgehead atoms.